The number of rotatable bonds is 2. The zero-order valence-corrected chi connectivity index (χ0v) is 27.6. The van der Waals surface area contributed by atoms with Crippen LogP contribution in [0.2, 0.25) is 0 Å². The second-order valence-corrected chi connectivity index (χ2v) is 14.1. The third kappa shape index (κ3) is 3.32. The molecule has 234 valence electrons. The van der Waals surface area contributed by atoms with Crippen molar-refractivity contribution in [2.24, 2.45) is 0 Å². The molecule has 1 spiro atoms. The highest BCUT2D eigenvalue weighted by molar-refractivity contribution is 6.21. The molecule has 2 aromatic heterocycles. The molecular formula is C49H28N2. The fourth-order valence-electron chi connectivity index (χ4n) is 9.89. The van der Waals surface area contributed by atoms with Gasteiger partial charge in [0.1, 0.15) is 0 Å². The van der Waals surface area contributed by atoms with E-state index in [9.17, 15) is 0 Å². The average molecular weight is 645 g/mol. The maximum Gasteiger partial charge on any atom is 0.0725 e. The molecule has 3 aliphatic rings. The van der Waals surface area contributed by atoms with Crippen LogP contribution in [0.5, 0.6) is 0 Å². The fraction of sp³-hybridized carbons (Fsp3) is 0.0204. The Morgan fingerprint density at radius 3 is 1.73 bits per heavy atom. The second-order valence-electron chi connectivity index (χ2n) is 14.1. The molecule has 2 heteroatoms. The van der Waals surface area contributed by atoms with Crippen molar-refractivity contribution < 1.29 is 0 Å². The van der Waals surface area contributed by atoms with Crippen molar-refractivity contribution in [1.29, 1.82) is 0 Å². The third-order valence-electron chi connectivity index (χ3n) is 11.8. The minimum Gasteiger partial charge on any atom is -0.264 e. The Kier molecular flexibility index (Phi) is 5.20. The number of fused-ring (bicyclic) bond motifs is 14. The van der Waals surface area contributed by atoms with E-state index in [-0.39, 0.29) is 0 Å². The van der Waals surface area contributed by atoms with Crippen LogP contribution in [0.1, 0.15) is 22.3 Å². The normalized spacial score (nSPS) is 13.6. The first kappa shape index (κ1) is 27.2. The van der Waals surface area contributed by atoms with E-state index in [4.69, 9.17) is 4.98 Å². The predicted octanol–water partition coefficient (Wildman–Crippen LogP) is 12.1. The van der Waals surface area contributed by atoms with Gasteiger partial charge in [-0.2, -0.15) is 0 Å². The van der Waals surface area contributed by atoms with Crippen LogP contribution >= 0.6 is 0 Å². The first-order chi connectivity index (χ1) is 25.3. The lowest BCUT2D eigenvalue weighted by Crippen LogP contribution is -2.26. The Labute approximate surface area is 295 Å². The zero-order chi connectivity index (χ0) is 33.3. The van der Waals surface area contributed by atoms with Crippen LogP contribution < -0.4 is 0 Å². The van der Waals surface area contributed by atoms with Gasteiger partial charge in [0.15, 0.2) is 0 Å². The molecule has 2 nitrogen and oxygen atoms in total. The summed E-state index contributed by atoms with van der Waals surface area (Å²) in [6.07, 6.45) is 7.92. The number of pyridine rings is 2. The molecular weight excluding hydrogens is 617 g/mol. The quantitative estimate of drug-likeness (QED) is 0.187. The molecule has 0 atom stereocenters. The molecule has 2 heterocycles. The molecule has 0 radical (unpaired) electrons. The lowest BCUT2D eigenvalue weighted by Gasteiger charge is -2.31. The zero-order valence-electron chi connectivity index (χ0n) is 27.6. The van der Waals surface area contributed by atoms with Gasteiger partial charge in [-0.3, -0.25) is 9.97 Å². The standard InChI is InChI=1S/C49H28N2/c1-4-19-41-34(13-1)35-14-2-5-20-42(35)49(41)43-21-6-3-15-37(43)48-44(49)25-39-36-17-8-11-30-12-9-18-38(45(30)36)47(39)46(48)32-24-31(26-51-27-32)33-16-7-10-29-22-23-50-28-40(29)33/h1-28H. The van der Waals surface area contributed by atoms with Gasteiger partial charge in [0.05, 0.1) is 5.41 Å². The summed E-state index contributed by atoms with van der Waals surface area (Å²) >= 11 is 0. The smallest absolute Gasteiger partial charge is 0.0725 e. The molecule has 12 rings (SSSR count). The maximum absolute atomic E-state index is 4.99. The van der Waals surface area contributed by atoms with Gasteiger partial charge in [-0.25, -0.2) is 0 Å². The third-order valence-corrected chi connectivity index (χ3v) is 11.8. The molecule has 0 N–H and O–H groups in total. The minimum atomic E-state index is -0.447. The van der Waals surface area contributed by atoms with E-state index in [2.05, 4.69) is 157 Å². The Morgan fingerprint density at radius 2 is 0.961 bits per heavy atom. The summed E-state index contributed by atoms with van der Waals surface area (Å²) in [5.74, 6) is 0. The molecule has 0 unspecified atom stereocenters. The number of hydrogen-bond donors (Lipinski definition) is 0. The van der Waals surface area contributed by atoms with Crippen molar-refractivity contribution in [3.63, 3.8) is 0 Å². The number of nitrogens with zero attached hydrogens (tertiary/aromatic N) is 2. The van der Waals surface area contributed by atoms with E-state index in [1.54, 1.807) is 0 Å². The number of hydrogen-bond acceptors (Lipinski definition) is 2. The highest BCUT2D eigenvalue weighted by Gasteiger charge is 2.53. The van der Waals surface area contributed by atoms with Crippen molar-refractivity contribution in [3.05, 3.63) is 193 Å². The Bertz CT molecular complexity index is 2930. The molecule has 0 aliphatic heterocycles. The monoisotopic (exact) mass is 644 g/mol. The van der Waals surface area contributed by atoms with Gasteiger partial charge in [-0.15, -0.1) is 0 Å². The first-order valence-corrected chi connectivity index (χ1v) is 17.6. The van der Waals surface area contributed by atoms with Crippen LogP contribution in [0.4, 0.5) is 0 Å². The van der Waals surface area contributed by atoms with Gasteiger partial charge < -0.3 is 0 Å². The summed E-state index contributed by atoms with van der Waals surface area (Å²) < 4.78 is 0. The highest BCUT2D eigenvalue weighted by Crippen LogP contribution is 2.67. The molecule has 9 aromatic rings. The Morgan fingerprint density at radius 1 is 0.353 bits per heavy atom. The van der Waals surface area contributed by atoms with Crippen molar-refractivity contribution >= 4 is 21.5 Å². The van der Waals surface area contributed by atoms with Crippen LogP contribution in [0, 0.1) is 0 Å². The predicted molar refractivity (Wildman–Crippen MR) is 209 cm³/mol. The minimum absolute atomic E-state index is 0.447. The van der Waals surface area contributed by atoms with Crippen LogP contribution in [0.3, 0.4) is 0 Å². The molecule has 0 saturated heterocycles. The van der Waals surface area contributed by atoms with Gasteiger partial charge in [-0.05, 0) is 112 Å². The molecule has 51 heavy (non-hydrogen) atoms. The lowest BCUT2D eigenvalue weighted by atomic mass is 9.69. The van der Waals surface area contributed by atoms with Crippen molar-refractivity contribution in [2.45, 2.75) is 5.41 Å². The van der Waals surface area contributed by atoms with Crippen LogP contribution in [-0.4, -0.2) is 9.97 Å². The summed E-state index contributed by atoms with van der Waals surface area (Å²) in [4.78, 5) is 9.49. The van der Waals surface area contributed by atoms with Gasteiger partial charge in [0.2, 0.25) is 0 Å². The molecule has 0 bridgehead atoms. The summed E-state index contributed by atoms with van der Waals surface area (Å²) in [6.45, 7) is 0. The summed E-state index contributed by atoms with van der Waals surface area (Å²) in [7, 11) is 0. The lowest BCUT2D eigenvalue weighted by molar-refractivity contribution is 0.794. The molecule has 0 fully saturated rings. The van der Waals surface area contributed by atoms with E-state index in [1.807, 2.05) is 18.6 Å². The van der Waals surface area contributed by atoms with Crippen LogP contribution in [0.25, 0.3) is 88.3 Å². The maximum atomic E-state index is 4.99. The Balaban J connectivity index is 1.26. The number of benzene rings is 7. The summed E-state index contributed by atoms with van der Waals surface area (Å²) in [6, 6.07) is 54.3. The second kappa shape index (κ2) is 9.74. The van der Waals surface area contributed by atoms with E-state index in [1.165, 1.54) is 88.5 Å². The topological polar surface area (TPSA) is 25.8 Å². The Hall–Kier alpha value is -6.64. The highest BCUT2D eigenvalue weighted by atomic mass is 14.6. The van der Waals surface area contributed by atoms with Gasteiger partial charge >= 0.3 is 0 Å². The molecule has 3 aliphatic carbocycles. The van der Waals surface area contributed by atoms with Gasteiger partial charge in [0.25, 0.3) is 0 Å². The summed E-state index contributed by atoms with van der Waals surface area (Å²) in [5, 5.41) is 4.90. The average Bonchev–Trinajstić information content (AvgIpc) is 3.80. The van der Waals surface area contributed by atoms with Crippen LogP contribution in [-0.2, 0) is 5.41 Å². The summed E-state index contributed by atoms with van der Waals surface area (Å²) in [5.41, 5.74) is 20.0. The SMILES string of the molecule is c1ccc2c(c1)-c1ccccc1C21c2ccccc2-c2c1cc1c(c2-c2cncc(-c3cccc4ccncc34)c2)-c2cccc3cccc-1c23. The number of aromatic nitrogens is 2. The molecule has 7 aromatic carbocycles. The largest absolute Gasteiger partial charge is 0.264 e. The fourth-order valence-corrected chi connectivity index (χ4v) is 9.89. The van der Waals surface area contributed by atoms with E-state index < -0.39 is 5.41 Å². The van der Waals surface area contributed by atoms with Crippen molar-refractivity contribution in [2.75, 3.05) is 0 Å². The van der Waals surface area contributed by atoms with E-state index in [0.717, 1.165) is 22.1 Å². The van der Waals surface area contributed by atoms with Crippen molar-refractivity contribution in [3.8, 4) is 66.8 Å². The molecule has 0 amide bonds. The van der Waals surface area contributed by atoms with Crippen molar-refractivity contribution in [1.82, 2.24) is 9.97 Å². The van der Waals surface area contributed by atoms with Crippen LogP contribution in [0.15, 0.2) is 170 Å². The van der Waals surface area contributed by atoms with E-state index >= 15 is 0 Å². The molecule has 0 saturated carbocycles. The van der Waals surface area contributed by atoms with E-state index in [0.29, 0.717) is 0 Å². The first-order valence-electron chi connectivity index (χ1n) is 17.6. The van der Waals surface area contributed by atoms with Gasteiger partial charge in [0, 0.05) is 41.3 Å². The van der Waals surface area contributed by atoms with Gasteiger partial charge in [-0.1, -0.05) is 127 Å².